The Morgan fingerprint density at radius 3 is 2.35 bits per heavy atom. The van der Waals surface area contributed by atoms with Gasteiger partial charge in [-0.15, -0.1) is 0 Å². The van der Waals surface area contributed by atoms with Gasteiger partial charge in [0.2, 0.25) is 5.91 Å². The molecular weight excluding hydrogens is 431 g/mol. The normalized spacial score (nSPS) is 30.5. The number of hydrogen-bond acceptors (Lipinski definition) is 4. The first-order valence-electron chi connectivity index (χ1n) is 10.1. The van der Waals surface area contributed by atoms with Gasteiger partial charge >= 0.3 is 15.6 Å². The Balaban J connectivity index is 2.95. The molecule has 1 aliphatic heterocycles. The molecule has 3 unspecified atom stereocenters. The van der Waals surface area contributed by atoms with E-state index in [0.717, 1.165) is 12.8 Å². The van der Waals surface area contributed by atoms with E-state index < -0.39 is 27.6 Å². The first-order valence-corrected chi connectivity index (χ1v) is 11.5. The molecule has 5 nitrogen and oxygen atoms in total. The van der Waals surface area contributed by atoms with Crippen molar-refractivity contribution in [3.05, 3.63) is 60.8 Å². The highest BCUT2D eigenvalue weighted by Gasteiger charge is 2.48. The fourth-order valence-electron chi connectivity index (χ4n) is 2.64. The maximum Gasteiger partial charge on any atom is 0.523 e. The minimum atomic E-state index is -5.69. The van der Waals surface area contributed by atoms with E-state index in [4.69, 9.17) is 0 Å². The molecule has 0 spiro atoms. The molecule has 0 aromatic rings. The maximum absolute atomic E-state index is 12.7. The van der Waals surface area contributed by atoms with Crippen molar-refractivity contribution in [1.29, 1.82) is 0 Å². The third-order valence-corrected chi connectivity index (χ3v) is 5.56. The fraction of sp³-hybridized carbons (Fsp3) is 0.500. The number of alkyl halides is 3. The van der Waals surface area contributed by atoms with Crippen LogP contribution in [0.1, 0.15) is 39.5 Å². The van der Waals surface area contributed by atoms with Crippen LogP contribution in [0.15, 0.2) is 60.8 Å². The minimum Gasteiger partial charge on any atom is -0.352 e. The van der Waals surface area contributed by atoms with E-state index in [0.29, 0.717) is 13.0 Å². The van der Waals surface area contributed by atoms with Gasteiger partial charge in [-0.25, -0.2) is 0 Å². The highest BCUT2D eigenvalue weighted by atomic mass is 32.2. The first-order chi connectivity index (χ1) is 14.5. The van der Waals surface area contributed by atoms with E-state index in [-0.39, 0.29) is 18.2 Å². The van der Waals surface area contributed by atoms with E-state index in [1.54, 1.807) is 25.2 Å². The van der Waals surface area contributed by atoms with Gasteiger partial charge in [-0.05, 0) is 37.5 Å². The number of carbonyl (C=O) groups excluding carboxylic acids is 1. The summed E-state index contributed by atoms with van der Waals surface area (Å²) in [5.74, 6) is -0.503. The maximum atomic E-state index is 12.7. The summed E-state index contributed by atoms with van der Waals surface area (Å²) < 4.78 is 65.6. The molecule has 0 aromatic carbocycles. The number of hydrogen-bond donors (Lipinski definition) is 1. The van der Waals surface area contributed by atoms with Crippen molar-refractivity contribution in [1.82, 2.24) is 5.32 Å². The molecular formula is C22H30F3NO4S. The van der Waals surface area contributed by atoms with E-state index in [9.17, 15) is 26.4 Å². The molecule has 0 radical (unpaired) electrons. The quantitative estimate of drug-likeness (QED) is 0.358. The molecule has 0 fully saturated rings. The van der Waals surface area contributed by atoms with Gasteiger partial charge in [0.1, 0.15) is 0 Å². The van der Waals surface area contributed by atoms with Gasteiger partial charge in [0.15, 0.2) is 0 Å². The van der Waals surface area contributed by atoms with Crippen LogP contribution in [0.3, 0.4) is 0 Å². The molecule has 1 rings (SSSR count). The lowest BCUT2D eigenvalue weighted by molar-refractivity contribution is -0.116. The fourth-order valence-corrected chi connectivity index (χ4v) is 3.34. The van der Waals surface area contributed by atoms with Crippen LogP contribution >= 0.6 is 0 Å². The smallest absolute Gasteiger partial charge is 0.352 e. The number of nitrogens with one attached hydrogen (secondary N) is 1. The van der Waals surface area contributed by atoms with Gasteiger partial charge in [-0.2, -0.15) is 21.6 Å². The third-order valence-electron chi connectivity index (χ3n) is 4.49. The molecule has 0 bridgehead atoms. The number of halogens is 3. The topological polar surface area (TPSA) is 72.5 Å². The second kappa shape index (κ2) is 13.3. The average molecular weight is 462 g/mol. The predicted octanol–water partition coefficient (Wildman–Crippen LogP) is 4.96. The Bertz CT molecular complexity index is 811. The van der Waals surface area contributed by atoms with Crippen molar-refractivity contribution in [2.24, 2.45) is 11.8 Å². The van der Waals surface area contributed by atoms with Crippen molar-refractivity contribution >= 4 is 16.0 Å². The Kier molecular flexibility index (Phi) is 11.6. The molecule has 0 saturated carbocycles. The molecule has 174 valence electrons. The molecule has 0 aliphatic carbocycles. The van der Waals surface area contributed by atoms with Crippen molar-refractivity contribution in [2.45, 2.75) is 51.1 Å². The summed E-state index contributed by atoms with van der Waals surface area (Å²) in [5.41, 5.74) is -5.47. The number of rotatable bonds is 2. The van der Waals surface area contributed by atoms with Gasteiger partial charge in [0, 0.05) is 12.6 Å². The second-order valence-corrected chi connectivity index (χ2v) is 8.92. The van der Waals surface area contributed by atoms with E-state index >= 15 is 0 Å². The van der Waals surface area contributed by atoms with Gasteiger partial charge < -0.3 is 5.32 Å². The van der Waals surface area contributed by atoms with Crippen LogP contribution in [0.25, 0.3) is 0 Å². The number of carbonyl (C=O) groups is 1. The molecule has 1 heterocycles. The molecule has 3 atom stereocenters. The van der Waals surface area contributed by atoms with E-state index in [2.05, 4.69) is 9.50 Å². The van der Waals surface area contributed by atoms with Crippen molar-refractivity contribution < 1.29 is 30.6 Å². The van der Waals surface area contributed by atoms with Crippen LogP contribution in [0.5, 0.6) is 0 Å². The lowest BCUT2D eigenvalue weighted by Gasteiger charge is -2.22. The van der Waals surface area contributed by atoms with E-state index in [1.807, 2.05) is 31.2 Å². The van der Waals surface area contributed by atoms with Gasteiger partial charge in [0.25, 0.3) is 0 Å². The van der Waals surface area contributed by atoms with Crippen molar-refractivity contribution in [2.75, 3.05) is 6.54 Å². The summed E-state index contributed by atoms with van der Waals surface area (Å²) in [6.07, 6.45) is 17.7. The monoisotopic (exact) mass is 461 g/mol. The largest absolute Gasteiger partial charge is 0.523 e. The Labute approximate surface area is 182 Å². The summed E-state index contributed by atoms with van der Waals surface area (Å²) >= 11 is 0. The van der Waals surface area contributed by atoms with Gasteiger partial charge in [-0.3, -0.25) is 8.98 Å². The van der Waals surface area contributed by atoms with E-state index in [1.165, 1.54) is 18.2 Å². The minimum absolute atomic E-state index is 0.0144. The summed E-state index contributed by atoms with van der Waals surface area (Å²) in [7, 11) is -5.69. The third kappa shape index (κ3) is 11.2. The van der Waals surface area contributed by atoms with Crippen molar-refractivity contribution in [3.8, 4) is 0 Å². The Morgan fingerprint density at radius 2 is 1.65 bits per heavy atom. The molecule has 1 amide bonds. The molecule has 31 heavy (non-hydrogen) atoms. The number of allylic oxidation sites excluding steroid dienone is 7. The van der Waals surface area contributed by atoms with Crippen LogP contribution < -0.4 is 5.32 Å². The molecule has 1 aliphatic rings. The van der Waals surface area contributed by atoms with Gasteiger partial charge in [-0.1, -0.05) is 68.5 Å². The summed E-state index contributed by atoms with van der Waals surface area (Å²) in [6, 6.07) is 0. The lowest BCUT2D eigenvalue weighted by Crippen LogP contribution is -2.32. The Hall–Kier alpha value is -2.13. The molecule has 9 heteroatoms. The second-order valence-electron chi connectivity index (χ2n) is 7.35. The lowest BCUT2D eigenvalue weighted by atomic mass is 9.97. The first kappa shape index (κ1) is 26.9. The zero-order chi connectivity index (χ0) is 23.3. The van der Waals surface area contributed by atoms with Crippen LogP contribution in [0.2, 0.25) is 0 Å². The highest BCUT2D eigenvalue weighted by molar-refractivity contribution is 7.87. The summed E-state index contributed by atoms with van der Waals surface area (Å²) in [5, 5.41) is 2.79. The molecule has 0 saturated heterocycles. The van der Waals surface area contributed by atoms with Crippen LogP contribution in [0.4, 0.5) is 13.2 Å². The SMILES string of the molecule is CC1/C=C/CC/C=C/CC(C)C(OS(=O)(=O)C(F)(F)F)C\C=C/C=C/C=C\C(=O)NC1. The zero-order valence-electron chi connectivity index (χ0n) is 17.7. The van der Waals surface area contributed by atoms with Crippen LogP contribution in [-0.2, 0) is 19.1 Å². The molecule has 1 N–H and O–H groups in total. The summed E-state index contributed by atoms with van der Waals surface area (Å²) in [6.45, 7) is 4.17. The van der Waals surface area contributed by atoms with Gasteiger partial charge in [0.05, 0.1) is 6.10 Å². The number of amides is 1. The average Bonchev–Trinajstić information content (AvgIpc) is 2.68. The highest BCUT2D eigenvalue weighted by Crippen LogP contribution is 2.29. The Morgan fingerprint density at radius 1 is 0.968 bits per heavy atom. The standard InChI is InChI=1S/C22H30F3NO4S/c1-18-13-9-5-3-6-10-14-19(2)20(30-31(28,29)22(23,24)25)15-11-7-4-8-12-16-21(27)26-17-18/h4,6-13,16,18-20H,3,5,14-15,17H2,1-2H3,(H,26,27)/b8-4+,10-6+,11-7-,13-9+,16-12-. The zero-order valence-corrected chi connectivity index (χ0v) is 18.5. The van der Waals surface area contributed by atoms with Crippen molar-refractivity contribution in [3.63, 3.8) is 0 Å². The predicted molar refractivity (Wildman–Crippen MR) is 115 cm³/mol. The van der Waals surface area contributed by atoms with Crippen LogP contribution in [0, 0.1) is 11.8 Å². The molecule has 0 aromatic heterocycles. The van der Waals surface area contributed by atoms with Crippen LogP contribution in [-0.4, -0.2) is 32.5 Å². The summed E-state index contributed by atoms with van der Waals surface area (Å²) in [4.78, 5) is 11.8.